The van der Waals surface area contributed by atoms with E-state index >= 15 is 4.39 Å². The Morgan fingerprint density at radius 1 is 1.07 bits per heavy atom. The number of rotatable bonds is 9. The van der Waals surface area contributed by atoms with Gasteiger partial charge in [0.15, 0.2) is 9.84 Å². The third-order valence-electron chi connectivity index (χ3n) is 7.74. The molecule has 1 N–H and O–H groups in total. The molecular weight excluding hydrogens is 572 g/mol. The van der Waals surface area contributed by atoms with Crippen LogP contribution in [-0.4, -0.2) is 50.2 Å². The molecule has 0 unspecified atom stereocenters. The molecule has 0 atom stereocenters. The number of anilines is 4. The number of pyridine rings is 2. The second-order valence-electron chi connectivity index (χ2n) is 10.8. The lowest BCUT2D eigenvalue weighted by Crippen LogP contribution is -2.36. The fraction of sp³-hybridized carbons (Fsp3) is 0.344. The number of carbonyl (C=O) groups excluding carboxylic acids is 1. The third kappa shape index (κ3) is 6.17. The number of benzene rings is 2. The Bertz CT molecular complexity index is 1800. The summed E-state index contributed by atoms with van der Waals surface area (Å²) in [7, 11) is -3.40. The summed E-state index contributed by atoms with van der Waals surface area (Å²) in [5, 5.41) is 3.52. The van der Waals surface area contributed by atoms with Gasteiger partial charge >= 0.3 is 0 Å². The van der Waals surface area contributed by atoms with Crippen molar-refractivity contribution in [2.75, 3.05) is 41.0 Å². The lowest BCUT2D eigenvalue weighted by molar-refractivity contribution is -0.119. The van der Waals surface area contributed by atoms with E-state index in [1.54, 1.807) is 30.2 Å². The summed E-state index contributed by atoms with van der Waals surface area (Å²) < 4.78 is 54.1. The fourth-order valence-corrected chi connectivity index (χ4v) is 6.14. The van der Waals surface area contributed by atoms with Crippen molar-refractivity contribution in [1.82, 2.24) is 9.97 Å². The van der Waals surface area contributed by atoms with Gasteiger partial charge < -0.3 is 10.2 Å². The molecule has 1 fully saturated rings. The number of fused-ring (bicyclic) bond motifs is 1. The van der Waals surface area contributed by atoms with Gasteiger partial charge in [-0.05, 0) is 50.8 Å². The van der Waals surface area contributed by atoms with Crippen LogP contribution in [0.25, 0.3) is 22.0 Å². The summed E-state index contributed by atoms with van der Waals surface area (Å²) in [6.45, 7) is 7.85. The van der Waals surface area contributed by atoms with Gasteiger partial charge in [0.2, 0.25) is 5.91 Å². The lowest BCUT2D eigenvalue weighted by Gasteiger charge is -2.29. The molecule has 43 heavy (non-hydrogen) atoms. The van der Waals surface area contributed by atoms with Gasteiger partial charge in [-0.3, -0.25) is 9.69 Å². The number of hydrogen-bond donors (Lipinski definition) is 1. The molecular formula is C32H35F2N5O3S. The Morgan fingerprint density at radius 2 is 1.81 bits per heavy atom. The van der Waals surface area contributed by atoms with Crippen molar-refractivity contribution in [1.29, 1.82) is 0 Å². The van der Waals surface area contributed by atoms with E-state index in [2.05, 4.69) is 22.1 Å². The number of nitrogens with one attached hydrogen (secondary N) is 1. The zero-order valence-electron chi connectivity index (χ0n) is 24.7. The quantitative estimate of drug-likeness (QED) is 0.224. The van der Waals surface area contributed by atoms with Crippen molar-refractivity contribution in [3.05, 3.63) is 65.9 Å². The Balaban J connectivity index is 1.73. The molecule has 2 aromatic carbocycles. The summed E-state index contributed by atoms with van der Waals surface area (Å²) in [5.41, 5.74) is 2.93. The van der Waals surface area contributed by atoms with Crippen LogP contribution in [0.3, 0.4) is 0 Å². The topological polar surface area (TPSA) is 95.5 Å². The van der Waals surface area contributed by atoms with Gasteiger partial charge in [-0.1, -0.05) is 19.1 Å². The molecule has 1 aliphatic rings. The number of halogens is 2. The number of carbonyl (C=O) groups is 1. The molecule has 8 nitrogen and oxygen atoms in total. The first-order valence-electron chi connectivity index (χ1n) is 14.4. The fourth-order valence-electron chi connectivity index (χ4n) is 5.51. The molecule has 0 spiro atoms. The van der Waals surface area contributed by atoms with E-state index in [9.17, 15) is 17.6 Å². The zero-order chi connectivity index (χ0) is 30.9. The molecule has 0 saturated carbocycles. The number of hydrogen-bond acceptors (Lipinski definition) is 7. The molecule has 0 bridgehead atoms. The summed E-state index contributed by atoms with van der Waals surface area (Å²) in [6.07, 6.45) is 5.73. The predicted octanol–water partition coefficient (Wildman–Crippen LogP) is 6.78. The van der Waals surface area contributed by atoms with Gasteiger partial charge in [0.25, 0.3) is 0 Å². The van der Waals surface area contributed by atoms with E-state index in [0.717, 1.165) is 44.7 Å². The molecule has 1 amide bonds. The van der Waals surface area contributed by atoms with Crippen LogP contribution in [0.15, 0.2) is 53.6 Å². The Hall–Kier alpha value is -4.12. The molecule has 1 saturated heterocycles. The number of piperidine rings is 1. The highest BCUT2D eigenvalue weighted by molar-refractivity contribution is 7.90. The minimum atomic E-state index is -3.40. The first-order chi connectivity index (χ1) is 20.5. The molecule has 4 aromatic rings. The van der Waals surface area contributed by atoms with Crippen LogP contribution in [0, 0.1) is 18.6 Å². The number of aromatic nitrogens is 2. The highest BCUT2D eigenvalue weighted by atomic mass is 32.2. The first kappa shape index (κ1) is 30.3. The molecule has 2 aromatic heterocycles. The van der Waals surface area contributed by atoms with Crippen LogP contribution in [0.2, 0.25) is 0 Å². The van der Waals surface area contributed by atoms with Crippen molar-refractivity contribution in [3.8, 4) is 11.1 Å². The Morgan fingerprint density at radius 3 is 2.47 bits per heavy atom. The summed E-state index contributed by atoms with van der Waals surface area (Å²) in [5.74, 6) is -0.560. The van der Waals surface area contributed by atoms with Crippen molar-refractivity contribution < 1.29 is 22.0 Å². The average Bonchev–Trinajstić information content (AvgIpc) is 2.97. The van der Waals surface area contributed by atoms with Gasteiger partial charge in [-0.2, -0.15) is 0 Å². The lowest BCUT2D eigenvalue weighted by atomic mass is 10.0. The Kier molecular flexibility index (Phi) is 8.64. The van der Waals surface area contributed by atoms with E-state index < -0.39 is 21.5 Å². The van der Waals surface area contributed by atoms with Crippen LogP contribution in [0.1, 0.15) is 45.1 Å². The van der Waals surface area contributed by atoms with Crippen molar-refractivity contribution in [2.24, 2.45) is 0 Å². The molecule has 0 aliphatic carbocycles. The third-order valence-corrected chi connectivity index (χ3v) is 8.87. The van der Waals surface area contributed by atoms with Crippen molar-refractivity contribution >= 4 is 49.7 Å². The molecule has 226 valence electrons. The largest absolute Gasteiger partial charge is 0.357 e. The minimum Gasteiger partial charge on any atom is -0.357 e. The number of sulfone groups is 1. The van der Waals surface area contributed by atoms with E-state index in [-0.39, 0.29) is 21.7 Å². The van der Waals surface area contributed by atoms with E-state index in [0.29, 0.717) is 52.7 Å². The number of amides is 1. The van der Waals surface area contributed by atoms with E-state index in [4.69, 9.17) is 4.98 Å². The summed E-state index contributed by atoms with van der Waals surface area (Å²) in [4.78, 5) is 26.1. The van der Waals surface area contributed by atoms with Gasteiger partial charge in [0, 0.05) is 67.8 Å². The monoisotopic (exact) mass is 607 g/mol. The maximum atomic E-state index is 15.5. The highest BCUT2D eigenvalue weighted by Crippen LogP contribution is 2.40. The average molecular weight is 608 g/mol. The predicted molar refractivity (Wildman–Crippen MR) is 167 cm³/mol. The second-order valence-corrected chi connectivity index (χ2v) is 12.8. The van der Waals surface area contributed by atoms with Gasteiger partial charge in [0.05, 0.1) is 27.2 Å². The van der Waals surface area contributed by atoms with Crippen molar-refractivity contribution in [2.45, 2.75) is 51.3 Å². The molecule has 11 heteroatoms. The SMILES string of the molecule is CCCN(CC)c1cc(Nc2c(C)c(N3CCCCC3=O)nc3cc(F)cc(F)c23)c(-c2ccc(S(C)(=O)=O)cc2)cn1. The Labute approximate surface area is 250 Å². The summed E-state index contributed by atoms with van der Waals surface area (Å²) >= 11 is 0. The van der Waals surface area contributed by atoms with E-state index in [1.165, 1.54) is 18.2 Å². The van der Waals surface area contributed by atoms with Crippen molar-refractivity contribution in [3.63, 3.8) is 0 Å². The van der Waals surface area contributed by atoms with E-state index in [1.807, 2.05) is 13.0 Å². The standard InChI is InChI=1S/C32H35F2N5O3S/c1-5-14-38(6-2)28-18-26(24(19-35-28)21-10-12-23(13-11-21)43(4,41)42)36-31-20(3)32(39-15-8-7-9-29(39)40)37-27-17-22(33)16-25(34)30(27)31/h10-13,16-19H,5-9,14-15H2,1-4H3,(H,35,36,37). The molecule has 3 heterocycles. The minimum absolute atomic E-state index is 0.0833. The maximum Gasteiger partial charge on any atom is 0.228 e. The second kappa shape index (κ2) is 12.2. The molecule has 0 radical (unpaired) electrons. The van der Waals surface area contributed by atoms with Gasteiger partial charge in [-0.15, -0.1) is 0 Å². The first-order valence-corrected chi connectivity index (χ1v) is 16.3. The normalized spacial score (nSPS) is 13.9. The maximum absolute atomic E-state index is 15.5. The zero-order valence-corrected chi connectivity index (χ0v) is 25.6. The smallest absolute Gasteiger partial charge is 0.228 e. The molecule has 1 aliphatic heterocycles. The van der Waals surface area contributed by atoms with Crippen LogP contribution in [-0.2, 0) is 14.6 Å². The van der Waals surface area contributed by atoms with Crippen LogP contribution in [0.4, 0.5) is 31.8 Å². The summed E-state index contributed by atoms with van der Waals surface area (Å²) in [6, 6.07) is 10.3. The number of nitrogens with zero attached hydrogens (tertiary/aromatic N) is 4. The molecule has 5 rings (SSSR count). The van der Waals surface area contributed by atoms with Gasteiger partial charge in [-0.25, -0.2) is 27.2 Å². The van der Waals surface area contributed by atoms with Crippen LogP contribution < -0.4 is 15.1 Å². The highest BCUT2D eigenvalue weighted by Gasteiger charge is 2.26. The van der Waals surface area contributed by atoms with Gasteiger partial charge in [0.1, 0.15) is 23.3 Å². The van der Waals surface area contributed by atoms with Crippen LogP contribution in [0.5, 0.6) is 0 Å². The van der Waals surface area contributed by atoms with Crippen LogP contribution >= 0.6 is 0 Å².